The lowest BCUT2D eigenvalue weighted by atomic mass is 10.0. The third kappa shape index (κ3) is 4.60. The summed E-state index contributed by atoms with van der Waals surface area (Å²) >= 11 is 0. The molecule has 4 rings (SSSR count). The minimum atomic E-state index is -0.358. The summed E-state index contributed by atoms with van der Waals surface area (Å²) in [7, 11) is 1.62. The Labute approximate surface area is 177 Å². The molecule has 2 aromatic carbocycles. The van der Waals surface area contributed by atoms with Gasteiger partial charge in [-0.1, -0.05) is 42.5 Å². The molecule has 0 saturated carbocycles. The first-order valence-electron chi connectivity index (χ1n) is 10.1. The normalized spacial score (nSPS) is 15.4. The van der Waals surface area contributed by atoms with Gasteiger partial charge >= 0.3 is 0 Å². The van der Waals surface area contributed by atoms with E-state index in [1.54, 1.807) is 7.11 Å². The first-order chi connectivity index (χ1) is 14.7. The molecule has 0 spiro atoms. The van der Waals surface area contributed by atoms with Crippen molar-refractivity contribution in [3.8, 4) is 5.75 Å². The molecule has 0 aliphatic carbocycles. The van der Waals surface area contributed by atoms with Crippen molar-refractivity contribution in [2.75, 3.05) is 43.5 Å². The number of amides is 1. The average Bonchev–Trinajstić information content (AvgIpc) is 2.81. The average molecular weight is 402 g/mol. The van der Waals surface area contributed by atoms with E-state index in [0.717, 1.165) is 43.2 Å². The predicted molar refractivity (Wildman–Crippen MR) is 119 cm³/mol. The zero-order valence-electron chi connectivity index (χ0n) is 17.1. The van der Waals surface area contributed by atoms with Crippen molar-refractivity contribution in [1.29, 1.82) is 0 Å². The van der Waals surface area contributed by atoms with Crippen LogP contribution in [0.1, 0.15) is 11.6 Å². The molecule has 3 aromatic rings. The molecule has 1 aromatic heterocycles. The summed E-state index contributed by atoms with van der Waals surface area (Å²) in [4.78, 5) is 22.3. The molecule has 6 heteroatoms. The number of methoxy groups -OCH3 is 1. The van der Waals surface area contributed by atoms with E-state index in [1.165, 1.54) is 0 Å². The largest absolute Gasteiger partial charge is 0.497 e. The number of anilines is 2. The van der Waals surface area contributed by atoms with Gasteiger partial charge in [-0.3, -0.25) is 9.69 Å². The smallest absolute Gasteiger partial charge is 0.246 e. The zero-order valence-corrected chi connectivity index (χ0v) is 17.1. The van der Waals surface area contributed by atoms with Crippen LogP contribution in [0.5, 0.6) is 5.75 Å². The lowest BCUT2D eigenvalue weighted by Gasteiger charge is -2.39. The summed E-state index contributed by atoms with van der Waals surface area (Å²) in [5, 5.41) is 3.07. The minimum absolute atomic E-state index is 0.0410. The van der Waals surface area contributed by atoms with Gasteiger partial charge in [-0.2, -0.15) is 0 Å². The first-order valence-corrected chi connectivity index (χ1v) is 10.1. The molecule has 0 unspecified atom stereocenters. The third-order valence-electron chi connectivity index (χ3n) is 5.35. The number of nitrogens with one attached hydrogen (secondary N) is 1. The Kier molecular flexibility index (Phi) is 6.25. The van der Waals surface area contributed by atoms with Crippen molar-refractivity contribution < 1.29 is 9.53 Å². The van der Waals surface area contributed by atoms with Crippen LogP contribution in [0, 0.1) is 0 Å². The van der Waals surface area contributed by atoms with E-state index in [4.69, 9.17) is 4.74 Å². The van der Waals surface area contributed by atoms with E-state index in [0.29, 0.717) is 5.75 Å². The number of rotatable bonds is 6. The summed E-state index contributed by atoms with van der Waals surface area (Å²) in [6.07, 6.45) is 1.82. The van der Waals surface area contributed by atoms with Crippen LogP contribution in [0.2, 0.25) is 0 Å². The SMILES string of the molecule is COc1cccc(NC(=O)[C@@H](c2ccccc2)N2CCN(c3ccccn3)CC2)c1. The molecule has 1 amide bonds. The number of carbonyl (C=O) groups excluding carboxylic acids is 1. The molecular weight excluding hydrogens is 376 g/mol. The fraction of sp³-hybridized carbons (Fsp3) is 0.250. The highest BCUT2D eigenvalue weighted by atomic mass is 16.5. The van der Waals surface area contributed by atoms with Crippen LogP contribution in [0.3, 0.4) is 0 Å². The highest BCUT2D eigenvalue weighted by molar-refractivity contribution is 5.95. The summed E-state index contributed by atoms with van der Waals surface area (Å²) in [6, 6.07) is 23.0. The number of hydrogen-bond donors (Lipinski definition) is 1. The standard InChI is InChI=1S/C24H26N4O2/c1-30-21-11-7-10-20(18-21)26-24(29)23(19-8-3-2-4-9-19)28-16-14-27(15-17-28)22-12-5-6-13-25-22/h2-13,18,23H,14-17H2,1H3,(H,26,29)/t23-/m1/s1. The predicted octanol–water partition coefficient (Wildman–Crippen LogP) is 3.59. The number of hydrogen-bond acceptors (Lipinski definition) is 5. The Morgan fingerprint density at radius 1 is 0.967 bits per heavy atom. The monoisotopic (exact) mass is 402 g/mol. The zero-order chi connectivity index (χ0) is 20.8. The molecule has 6 nitrogen and oxygen atoms in total. The van der Waals surface area contributed by atoms with Gasteiger partial charge in [0.25, 0.3) is 0 Å². The van der Waals surface area contributed by atoms with Crippen LogP contribution in [-0.4, -0.2) is 49.1 Å². The van der Waals surface area contributed by atoms with Crippen molar-refractivity contribution in [2.24, 2.45) is 0 Å². The van der Waals surface area contributed by atoms with Crippen molar-refractivity contribution in [3.05, 3.63) is 84.6 Å². The molecular formula is C24H26N4O2. The maximum atomic E-state index is 13.3. The van der Waals surface area contributed by atoms with Crippen molar-refractivity contribution in [3.63, 3.8) is 0 Å². The van der Waals surface area contributed by atoms with Gasteiger partial charge in [0.05, 0.1) is 7.11 Å². The Morgan fingerprint density at radius 3 is 2.43 bits per heavy atom. The second-order valence-electron chi connectivity index (χ2n) is 7.25. The molecule has 1 atom stereocenters. The lowest BCUT2D eigenvalue weighted by Crippen LogP contribution is -2.50. The molecule has 1 aliphatic rings. The van der Waals surface area contributed by atoms with Gasteiger partial charge in [-0.25, -0.2) is 4.98 Å². The van der Waals surface area contributed by atoms with E-state index in [-0.39, 0.29) is 11.9 Å². The molecule has 1 fully saturated rings. The van der Waals surface area contributed by atoms with Gasteiger partial charge in [0.15, 0.2) is 0 Å². The summed E-state index contributed by atoms with van der Waals surface area (Å²) in [5.41, 5.74) is 1.72. The number of pyridine rings is 1. The van der Waals surface area contributed by atoms with Crippen molar-refractivity contribution >= 4 is 17.4 Å². The number of carbonyl (C=O) groups is 1. The fourth-order valence-corrected chi connectivity index (χ4v) is 3.82. The van der Waals surface area contributed by atoms with Crippen LogP contribution in [0.25, 0.3) is 0 Å². The van der Waals surface area contributed by atoms with Crippen molar-refractivity contribution in [2.45, 2.75) is 6.04 Å². The van der Waals surface area contributed by atoms with Crippen LogP contribution in [0.4, 0.5) is 11.5 Å². The summed E-state index contributed by atoms with van der Waals surface area (Å²) in [6.45, 7) is 3.21. The Hall–Kier alpha value is -3.38. The second-order valence-corrected chi connectivity index (χ2v) is 7.25. The topological polar surface area (TPSA) is 57.7 Å². The highest BCUT2D eigenvalue weighted by Gasteiger charge is 2.30. The van der Waals surface area contributed by atoms with Gasteiger partial charge in [-0.05, 0) is 29.8 Å². The molecule has 1 aliphatic heterocycles. The van der Waals surface area contributed by atoms with Crippen LogP contribution < -0.4 is 15.0 Å². The van der Waals surface area contributed by atoms with E-state index in [9.17, 15) is 4.79 Å². The summed E-state index contributed by atoms with van der Waals surface area (Å²) < 4.78 is 5.28. The van der Waals surface area contributed by atoms with E-state index in [1.807, 2.05) is 79.0 Å². The summed E-state index contributed by atoms with van der Waals surface area (Å²) in [5.74, 6) is 1.66. The van der Waals surface area contributed by atoms with Gasteiger partial charge in [0.1, 0.15) is 17.6 Å². The van der Waals surface area contributed by atoms with Gasteiger partial charge in [0, 0.05) is 44.1 Å². The van der Waals surface area contributed by atoms with Gasteiger partial charge in [-0.15, -0.1) is 0 Å². The number of piperazine rings is 1. The maximum absolute atomic E-state index is 13.3. The Balaban J connectivity index is 1.51. The van der Waals surface area contributed by atoms with E-state index in [2.05, 4.69) is 20.1 Å². The molecule has 30 heavy (non-hydrogen) atoms. The van der Waals surface area contributed by atoms with Crippen molar-refractivity contribution in [1.82, 2.24) is 9.88 Å². The molecule has 1 saturated heterocycles. The van der Waals surface area contributed by atoms with Gasteiger partial charge < -0.3 is 15.0 Å². The Bertz CT molecular complexity index is 957. The minimum Gasteiger partial charge on any atom is -0.497 e. The van der Waals surface area contributed by atoms with E-state index >= 15 is 0 Å². The molecule has 2 heterocycles. The van der Waals surface area contributed by atoms with Crippen LogP contribution >= 0.6 is 0 Å². The number of ether oxygens (including phenoxy) is 1. The molecule has 1 N–H and O–H groups in total. The fourth-order valence-electron chi connectivity index (χ4n) is 3.82. The lowest BCUT2D eigenvalue weighted by molar-refractivity contribution is -0.121. The first kappa shape index (κ1) is 19.9. The second kappa shape index (κ2) is 9.41. The van der Waals surface area contributed by atoms with Crippen LogP contribution in [0.15, 0.2) is 79.0 Å². The quantitative estimate of drug-likeness (QED) is 0.683. The molecule has 0 radical (unpaired) electrons. The molecule has 154 valence electrons. The third-order valence-corrected chi connectivity index (χ3v) is 5.35. The maximum Gasteiger partial charge on any atom is 0.246 e. The number of aromatic nitrogens is 1. The number of benzene rings is 2. The van der Waals surface area contributed by atoms with Gasteiger partial charge in [0.2, 0.25) is 5.91 Å². The number of nitrogens with zero attached hydrogens (tertiary/aromatic N) is 3. The van der Waals surface area contributed by atoms with Crippen LogP contribution in [-0.2, 0) is 4.79 Å². The highest BCUT2D eigenvalue weighted by Crippen LogP contribution is 2.26. The Morgan fingerprint density at radius 2 is 1.73 bits per heavy atom. The molecule has 0 bridgehead atoms. The van der Waals surface area contributed by atoms with E-state index < -0.39 is 0 Å².